The highest BCUT2D eigenvalue weighted by Crippen LogP contribution is 2.18. The Bertz CT molecular complexity index is 744. The predicted molar refractivity (Wildman–Crippen MR) is 93.4 cm³/mol. The third kappa shape index (κ3) is 5.01. The average molecular weight is 327 g/mol. The summed E-state index contributed by atoms with van der Waals surface area (Å²) in [4.78, 5) is 22.9. The van der Waals surface area contributed by atoms with Gasteiger partial charge in [-0.3, -0.25) is 4.79 Å². The summed E-state index contributed by atoms with van der Waals surface area (Å²) < 4.78 is 5.67. The standard InChI is InChI=1S/C18H21N3O3/c1-12-6-7-16(13(2)10-12)24-9-8-20-17(22)14-4-3-5-15(11-14)21-18(19)23/h3-7,10-11H,8-9H2,1-2H3,(H,20,22)(H3,19,21,23). The Hall–Kier alpha value is -3.02. The molecule has 3 amide bonds. The quantitative estimate of drug-likeness (QED) is 0.712. The number of carbonyl (C=O) groups excluding carboxylic acids is 2. The molecule has 0 spiro atoms. The first-order valence-electron chi connectivity index (χ1n) is 7.60. The van der Waals surface area contributed by atoms with E-state index in [1.54, 1.807) is 24.3 Å². The number of primary amides is 1. The van der Waals surface area contributed by atoms with Crippen molar-refractivity contribution in [2.24, 2.45) is 5.73 Å². The van der Waals surface area contributed by atoms with E-state index in [9.17, 15) is 9.59 Å². The van der Waals surface area contributed by atoms with Gasteiger partial charge in [0.1, 0.15) is 12.4 Å². The van der Waals surface area contributed by atoms with Crippen LogP contribution < -0.4 is 21.1 Å². The lowest BCUT2D eigenvalue weighted by atomic mass is 10.1. The molecule has 0 unspecified atom stereocenters. The molecule has 0 fully saturated rings. The van der Waals surface area contributed by atoms with Crippen molar-refractivity contribution in [3.8, 4) is 5.75 Å². The molecular weight excluding hydrogens is 306 g/mol. The Morgan fingerprint density at radius 1 is 1.12 bits per heavy atom. The number of rotatable bonds is 6. The minimum atomic E-state index is -0.672. The number of nitrogens with two attached hydrogens (primary N) is 1. The molecule has 0 aliphatic carbocycles. The molecule has 0 aliphatic rings. The second-order valence-corrected chi connectivity index (χ2v) is 5.44. The van der Waals surface area contributed by atoms with E-state index in [1.807, 2.05) is 32.0 Å². The predicted octanol–water partition coefficient (Wildman–Crippen LogP) is 2.60. The summed E-state index contributed by atoms with van der Waals surface area (Å²) in [5.74, 6) is 0.565. The monoisotopic (exact) mass is 327 g/mol. The van der Waals surface area contributed by atoms with Crippen molar-refractivity contribution in [2.45, 2.75) is 13.8 Å². The maximum atomic E-state index is 12.1. The van der Waals surface area contributed by atoms with Gasteiger partial charge < -0.3 is 21.1 Å². The molecule has 2 aromatic rings. The summed E-state index contributed by atoms with van der Waals surface area (Å²) in [6, 6.07) is 11.8. The molecule has 2 rings (SSSR count). The van der Waals surface area contributed by atoms with Crippen LogP contribution in [0.25, 0.3) is 0 Å². The number of urea groups is 1. The third-order valence-electron chi connectivity index (χ3n) is 3.37. The Kier molecular flexibility index (Phi) is 5.78. The van der Waals surface area contributed by atoms with Crippen molar-refractivity contribution in [1.82, 2.24) is 5.32 Å². The molecule has 6 nitrogen and oxygen atoms in total. The second-order valence-electron chi connectivity index (χ2n) is 5.44. The molecule has 0 heterocycles. The number of carbonyl (C=O) groups is 2. The van der Waals surface area contributed by atoms with E-state index in [0.29, 0.717) is 24.4 Å². The van der Waals surface area contributed by atoms with E-state index < -0.39 is 6.03 Å². The number of anilines is 1. The van der Waals surface area contributed by atoms with Crippen LogP contribution >= 0.6 is 0 Å². The maximum absolute atomic E-state index is 12.1. The van der Waals surface area contributed by atoms with Crippen LogP contribution in [-0.4, -0.2) is 25.1 Å². The van der Waals surface area contributed by atoms with Gasteiger partial charge in [0.25, 0.3) is 5.91 Å². The highest BCUT2D eigenvalue weighted by Gasteiger charge is 2.07. The largest absolute Gasteiger partial charge is 0.491 e. The molecule has 0 atom stereocenters. The minimum absolute atomic E-state index is 0.243. The smallest absolute Gasteiger partial charge is 0.316 e. The van der Waals surface area contributed by atoms with Gasteiger partial charge in [-0.2, -0.15) is 0 Å². The highest BCUT2D eigenvalue weighted by atomic mass is 16.5. The van der Waals surface area contributed by atoms with Crippen LogP contribution in [0.1, 0.15) is 21.5 Å². The lowest BCUT2D eigenvalue weighted by Crippen LogP contribution is -2.28. The second kappa shape index (κ2) is 8.01. The van der Waals surface area contributed by atoms with Gasteiger partial charge in [-0.05, 0) is 43.7 Å². The highest BCUT2D eigenvalue weighted by molar-refractivity contribution is 5.96. The number of hydrogen-bond donors (Lipinski definition) is 3. The summed E-state index contributed by atoms with van der Waals surface area (Å²) in [5.41, 5.74) is 8.21. The molecular formula is C18H21N3O3. The lowest BCUT2D eigenvalue weighted by Gasteiger charge is -2.11. The van der Waals surface area contributed by atoms with Crippen LogP contribution in [0.4, 0.5) is 10.5 Å². The lowest BCUT2D eigenvalue weighted by molar-refractivity contribution is 0.0947. The molecule has 6 heteroatoms. The van der Waals surface area contributed by atoms with E-state index in [-0.39, 0.29) is 5.91 Å². The van der Waals surface area contributed by atoms with Gasteiger partial charge in [-0.1, -0.05) is 23.8 Å². The first-order valence-corrected chi connectivity index (χ1v) is 7.60. The number of ether oxygens (including phenoxy) is 1. The van der Waals surface area contributed by atoms with Gasteiger partial charge in [-0.25, -0.2) is 4.79 Å². The number of benzene rings is 2. The van der Waals surface area contributed by atoms with Gasteiger partial charge in [0, 0.05) is 11.3 Å². The van der Waals surface area contributed by atoms with Crippen molar-refractivity contribution in [1.29, 1.82) is 0 Å². The number of aryl methyl sites for hydroxylation is 2. The molecule has 0 saturated heterocycles. The molecule has 0 aliphatic heterocycles. The van der Waals surface area contributed by atoms with E-state index >= 15 is 0 Å². The molecule has 0 saturated carbocycles. The summed E-state index contributed by atoms with van der Waals surface area (Å²) >= 11 is 0. The fourth-order valence-corrected chi connectivity index (χ4v) is 2.27. The number of amides is 3. The zero-order valence-electron chi connectivity index (χ0n) is 13.8. The Morgan fingerprint density at radius 3 is 2.62 bits per heavy atom. The van der Waals surface area contributed by atoms with Gasteiger partial charge in [0.2, 0.25) is 0 Å². The van der Waals surface area contributed by atoms with Gasteiger partial charge >= 0.3 is 6.03 Å². The number of hydrogen-bond acceptors (Lipinski definition) is 3. The van der Waals surface area contributed by atoms with E-state index in [2.05, 4.69) is 10.6 Å². The molecule has 0 aromatic heterocycles. The van der Waals surface area contributed by atoms with Crippen molar-refractivity contribution in [3.05, 3.63) is 59.2 Å². The van der Waals surface area contributed by atoms with Crippen molar-refractivity contribution in [2.75, 3.05) is 18.5 Å². The first-order chi connectivity index (χ1) is 11.5. The fraction of sp³-hybridized carbons (Fsp3) is 0.222. The molecule has 2 aromatic carbocycles. The van der Waals surface area contributed by atoms with Crippen LogP contribution in [-0.2, 0) is 0 Å². The Balaban J connectivity index is 1.84. The summed E-state index contributed by atoms with van der Waals surface area (Å²) in [6.45, 7) is 4.75. The molecule has 4 N–H and O–H groups in total. The molecule has 24 heavy (non-hydrogen) atoms. The SMILES string of the molecule is Cc1ccc(OCCNC(=O)c2cccc(NC(N)=O)c2)c(C)c1. The fourth-order valence-electron chi connectivity index (χ4n) is 2.27. The molecule has 0 bridgehead atoms. The Labute approximate surface area is 141 Å². The Morgan fingerprint density at radius 2 is 1.92 bits per heavy atom. The molecule has 126 valence electrons. The first kappa shape index (κ1) is 17.3. The van der Waals surface area contributed by atoms with Crippen LogP contribution in [0.15, 0.2) is 42.5 Å². The molecule has 0 radical (unpaired) electrons. The summed E-state index contributed by atoms with van der Waals surface area (Å²) in [7, 11) is 0. The van der Waals surface area contributed by atoms with Gasteiger partial charge in [-0.15, -0.1) is 0 Å². The summed E-state index contributed by atoms with van der Waals surface area (Å²) in [6.07, 6.45) is 0. The summed E-state index contributed by atoms with van der Waals surface area (Å²) in [5, 5.41) is 5.21. The zero-order valence-corrected chi connectivity index (χ0v) is 13.8. The topological polar surface area (TPSA) is 93.4 Å². The van der Waals surface area contributed by atoms with Crippen LogP contribution in [0, 0.1) is 13.8 Å². The van der Waals surface area contributed by atoms with Gasteiger partial charge in [0.05, 0.1) is 6.54 Å². The average Bonchev–Trinajstić information content (AvgIpc) is 2.52. The van der Waals surface area contributed by atoms with E-state index in [1.165, 1.54) is 5.56 Å². The zero-order chi connectivity index (χ0) is 17.5. The van der Waals surface area contributed by atoms with Crippen molar-refractivity contribution < 1.29 is 14.3 Å². The van der Waals surface area contributed by atoms with E-state index in [0.717, 1.165) is 11.3 Å². The van der Waals surface area contributed by atoms with E-state index in [4.69, 9.17) is 10.5 Å². The van der Waals surface area contributed by atoms with Gasteiger partial charge in [0.15, 0.2) is 0 Å². The van der Waals surface area contributed by atoms with Crippen LogP contribution in [0.3, 0.4) is 0 Å². The van der Waals surface area contributed by atoms with Crippen LogP contribution in [0.2, 0.25) is 0 Å². The minimum Gasteiger partial charge on any atom is -0.491 e. The maximum Gasteiger partial charge on any atom is 0.316 e. The van der Waals surface area contributed by atoms with Crippen molar-refractivity contribution in [3.63, 3.8) is 0 Å². The number of nitrogens with one attached hydrogen (secondary N) is 2. The van der Waals surface area contributed by atoms with Crippen LogP contribution in [0.5, 0.6) is 5.75 Å². The third-order valence-corrected chi connectivity index (χ3v) is 3.37. The normalized spacial score (nSPS) is 10.1. The van der Waals surface area contributed by atoms with Crippen molar-refractivity contribution >= 4 is 17.6 Å².